The Morgan fingerprint density at radius 1 is 0.931 bits per heavy atom. The Bertz CT molecular complexity index is 1090. The Morgan fingerprint density at radius 2 is 1.55 bits per heavy atom. The van der Waals surface area contributed by atoms with Gasteiger partial charge in [0.1, 0.15) is 0 Å². The minimum Gasteiger partial charge on any atom is -0.478 e. The summed E-state index contributed by atoms with van der Waals surface area (Å²) < 4.78 is 27.8. The summed E-state index contributed by atoms with van der Waals surface area (Å²) >= 11 is 5.83. The van der Waals surface area contributed by atoms with Gasteiger partial charge in [0.2, 0.25) is 10.0 Å². The van der Waals surface area contributed by atoms with Crippen molar-refractivity contribution in [3.8, 4) is 0 Å². The maximum absolute atomic E-state index is 12.6. The number of benzene rings is 3. The number of carbonyl (C=O) groups is 1. The minimum absolute atomic E-state index is 0.0168. The van der Waals surface area contributed by atoms with Gasteiger partial charge in [0.25, 0.3) is 0 Å². The number of rotatable bonds is 8. The summed E-state index contributed by atoms with van der Waals surface area (Å²) in [5.41, 5.74) is 1.32. The van der Waals surface area contributed by atoms with Gasteiger partial charge in [-0.1, -0.05) is 54.1 Å². The lowest BCUT2D eigenvalue weighted by Gasteiger charge is -2.22. The van der Waals surface area contributed by atoms with Crippen molar-refractivity contribution >= 4 is 33.3 Å². The highest BCUT2D eigenvalue weighted by molar-refractivity contribution is 7.89. The molecule has 0 aliphatic heterocycles. The van der Waals surface area contributed by atoms with Crippen molar-refractivity contribution < 1.29 is 18.3 Å². The molecule has 0 radical (unpaired) electrons. The van der Waals surface area contributed by atoms with Gasteiger partial charge in [-0.25, -0.2) is 17.9 Å². The molecule has 3 N–H and O–H groups in total. The summed E-state index contributed by atoms with van der Waals surface area (Å²) in [6.45, 7) is 0.0168. The largest absolute Gasteiger partial charge is 0.478 e. The third-order valence-electron chi connectivity index (χ3n) is 4.29. The highest BCUT2D eigenvalue weighted by Crippen LogP contribution is 2.23. The van der Waals surface area contributed by atoms with Crippen LogP contribution in [-0.2, 0) is 10.0 Å². The number of para-hydroxylation sites is 1. The van der Waals surface area contributed by atoms with E-state index in [1.54, 1.807) is 18.2 Å². The number of sulfonamides is 1. The number of hydrogen-bond donors (Lipinski definition) is 3. The molecule has 29 heavy (non-hydrogen) atoms. The molecule has 1 unspecified atom stereocenters. The van der Waals surface area contributed by atoms with Crippen LogP contribution in [-0.4, -0.2) is 26.0 Å². The highest BCUT2D eigenvalue weighted by Gasteiger charge is 2.20. The minimum atomic E-state index is -3.76. The molecule has 0 heterocycles. The predicted octanol–water partition coefficient (Wildman–Crippen LogP) is 4.17. The van der Waals surface area contributed by atoms with Gasteiger partial charge in [0.15, 0.2) is 0 Å². The van der Waals surface area contributed by atoms with Crippen molar-refractivity contribution in [3.63, 3.8) is 0 Å². The fraction of sp³-hybridized carbons (Fsp3) is 0.0952. The monoisotopic (exact) mass is 430 g/mol. The zero-order chi connectivity index (χ0) is 20.9. The van der Waals surface area contributed by atoms with E-state index in [1.807, 2.05) is 30.3 Å². The molecular weight excluding hydrogens is 412 g/mol. The van der Waals surface area contributed by atoms with E-state index in [0.717, 1.165) is 5.56 Å². The van der Waals surface area contributed by atoms with Crippen molar-refractivity contribution in [2.24, 2.45) is 0 Å². The molecule has 0 fully saturated rings. The number of aromatic carboxylic acids is 1. The summed E-state index contributed by atoms with van der Waals surface area (Å²) in [7, 11) is -3.76. The Kier molecular flexibility index (Phi) is 6.53. The summed E-state index contributed by atoms with van der Waals surface area (Å²) in [5, 5.41) is 13.0. The fourth-order valence-corrected chi connectivity index (χ4v) is 3.98. The van der Waals surface area contributed by atoms with Gasteiger partial charge in [-0.3, -0.25) is 0 Å². The van der Waals surface area contributed by atoms with Crippen molar-refractivity contribution in [1.29, 1.82) is 0 Å². The number of halogens is 1. The predicted molar refractivity (Wildman–Crippen MR) is 113 cm³/mol. The van der Waals surface area contributed by atoms with Crippen LogP contribution in [0.1, 0.15) is 22.0 Å². The van der Waals surface area contributed by atoms with Crippen LogP contribution >= 0.6 is 11.6 Å². The van der Waals surface area contributed by atoms with Crippen LogP contribution in [0.15, 0.2) is 83.8 Å². The van der Waals surface area contributed by atoms with Gasteiger partial charge in [-0.15, -0.1) is 0 Å². The van der Waals surface area contributed by atoms with Crippen molar-refractivity contribution in [1.82, 2.24) is 4.72 Å². The smallest absolute Gasteiger partial charge is 0.337 e. The van der Waals surface area contributed by atoms with Gasteiger partial charge in [0.05, 0.1) is 16.5 Å². The first-order valence-corrected chi connectivity index (χ1v) is 10.6. The topological polar surface area (TPSA) is 95.5 Å². The van der Waals surface area contributed by atoms with E-state index < -0.39 is 22.0 Å². The number of hydrogen-bond acceptors (Lipinski definition) is 4. The first kappa shape index (κ1) is 20.9. The van der Waals surface area contributed by atoms with E-state index in [1.165, 1.54) is 30.3 Å². The molecule has 3 rings (SSSR count). The second-order valence-corrected chi connectivity index (χ2v) is 8.47. The third kappa shape index (κ3) is 5.35. The van der Waals surface area contributed by atoms with Crippen molar-refractivity contribution in [2.45, 2.75) is 10.9 Å². The van der Waals surface area contributed by atoms with Crippen molar-refractivity contribution in [3.05, 3.63) is 95.0 Å². The molecule has 0 saturated carbocycles. The van der Waals surface area contributed by atoms with E-state index in [9.17, 15) is 18.3 Å². The van der Waals surface area contributed by atoms with E-state index in [0.29, 0.717) is 10.7 Å². The Balaban J connectivity index is 1.86. The average molecular weight is 431 g/mol. The normalized spacial score (nSPS) is 12.3. The van der Waals surface area contributed by atoms with E-state index in [4.69, 9.17) is 11.6 Å². The van der Waals surface area contributed by atoms with Gasteiger partial charge in [0, 0.05) is 17.3 Å². The van der Waals surface area contributed by atoms with Gasteiger partial charge in [-0.2, -0.15) is 0 Å². The maximum atomic E-state index is 12.6. The number of nitrogens with one attached hydrogen (secondary N) is 2. The molecule has 6 nitrogen and oxygen atoms in total. The van der Waals surface area contributed by atoms with Crippen LogP contribution in [0.4, 0.5) is 5.69 Å². The molecule has 8 heteroatoms. The van der Waals surface area contributed by atoms with Crippen molar-refractivity contribution in [2.75, 3.05) is 11.9 Å². The Labute approximate surface area is 174 Å². The Morgan fingerprint density at radius 3 is 2.21 bits per heavy atom. The molecule has 0 aliphatic carbocycles. The lowest BCUT2D eigenvalue weighted by Crippen LogP contribution is -2.32. The van der Waals surface area contributed by atoms with E-state index in [2.05, 4.69) is 10.0 Å². The van der Waals surface area contributed by atoms with Crippen LogP contribution < -0.4 is 10.0 Å². The fourth-order valence-electron chi connectivity index (χ4n) is 2.81. The number of anilines is 1. The lowest BCUT2D eigenvalue weighted by atomic mass is 10.1. The second kappa shape index (κ2) is 9.09. The molecule has 1 atom stereocenters. The number of carboxylic acid groups (broad SMARTS) is 1. The van der Waals surface area contributed by atoms with Crippen LogP contribution in [0, 0.1) is 0 Å². The molecule has 0 aliphatic rings. The second-order valence-electron chi connectivity index (χ2n) is 6.26. The summed E-state index contributed by atoms with van der Waals surface area (Å²) in [4.78, 5) is 11.6. The van der Waals surface area contributed by atoms with Gasteiger partial charge in [-0.05, 0) is 42.0 Å². The lowest BCUT2D eigenvalue weighted by molar-refractivity contribution is 0.0698. The first-order valence-electron chi connectivity index (χ1n) is 8.76. The van der Waals surface area contributed by atoms with Crippen LogP contribution in [0.5, 0.6) is 0 Å². The summed E-state index contributed by atoms with van der Waals surface area (Å²) in [6.07, 6.45) is 0. The van der Waals surface area contributed by atoms with Crippen LogP contribution in [0.25, 0.3) is 0 Å². The standard InChI is InChI=1S/C21H19ClN2O4S/c22-16-10-12-17(13-11-16)29(27,28)23-14-20(15-6-2-1-3-7-15)24-19-9-5-4-8-18(19)21(25)26/h1-13,20,23-24H,14H2,(H,25,26). The van der Waals surface area contributed by atoms with Gasteiger partial charge < -0.3 is 10.4 Å². The third-order valence-corrected chi connectivity index (χ3v) is 5.98. The van der Waals surface area contributed by atoms with E-state index >= 15 is 0 Å². The van der Waals surface area contributed by atoms with Crippen LogP contribution in [0.3, 0.4) is 0 Å². The zero-order valence-corrected chi connectivity index (χ0v) is 16.8. The zero-order valence-electron chi connectivity index (χ0n) is 15.2. The molecule has 3 aromatic carbocycles. The molecule has 3 aromatic rings. The quantitative estimate of drug-likeness (QED) is 0.498. The maximum Gasteiger partial charge on any atom is 0.337 e. The number of carboxylic acids is 1. The summed E-state index contributed by atoms with van der Waals surface area (Å²) in [6, 6.07) is 21.1. The molecule has 0 amide bonds. The molecule has 0 bridgehead atoms. The first-order chi connectivity index (χ1) is 13.9. The van der Waals surface area contributed by atoms with E-state index in [-0.39, 0.29) is 17.0 Å². The highest BCUT2D eigenvalue weighted by atomic mass is 35.5. The molecule has 0 saturated heterocycles. The summed E-state index contributed by atoms with van der Waals surface area (Å²) in [5.74, 6) is -1.07. The Hall–Kier alpha value is -2.87. The van der Waals surface area contributed by atoms with Gasteiger partial charge >= 0.3 is 5.97 Å². The molecule has 0 aromatic heterocycles. The SMILES string of the molecule is O=C(O)c1ccccc1NC(CNS(=O)(=O)c1ccc(Cl)cc1)c1ccccc1. The average Bonchev–Trinajstić information content (AvgIpc) is 2.72. The molecular formula is C21H19ClN2O4S. The molecule has 150 valence electrons. The van der Waals surface area contributed by atoms with Crippen LogP contribution in [0.2, 0.25) is 5.02 Å². The molecule has 0 spiro atoms.